The average Bonchev–Trinajstić information content (AvgIpc) is 2.73. The summed E-state index contributed by atoms with van der Waals surface area (Å²) >= 11 is 5.18. The standard InChI is InChI=1S/C20H20F3N3O3S/c1-28-17-5-3-2-4-14(17)18(27)25-19(30)24-15-12-13(20(21,22)23)6-7-16(15)26-8-10-29-11-9-26/h2-7,12H,8-11H2,1H3,(H2,24,25,27,30). The fourth-order valence-electron chi connectivity index (χ4n) is 3.05. The van der Waals surface area contributed by atoms with Gasteiger partial charge in [-0.25, -0.2) is 0 Å². The third kappa shape index (κ3) is 5.19. The molecule has 30 heavy (non-hydrogen) atoms. The minimum atomic E-state index is -4.51. The third-order valence-electron chi connectivity index (χ3n) is 4.50. The summed E-state index contributed by atoms with van der Waals surface area (Å²) in [5.74, 6) is -0.185. The molecule has 160 valence electrons. The molecular formula is C20H20F3N3O3S. The van der Waals surface area contributed by atoms with Gasteiger partial charge in [0.15, 0.2) is 5.11 Å². The van der Waals surface area contributed by atoms with E-state index in [4.69, 9.17) is 21.7 Å². The van der Waals surface area contributed by atoms with Crippen LogP contribution in [0.3, 0.4) is 0 Å². The second-order valence-electron chi connectivity index (χ2n) is 6.44. The molecule has 2 aromatic carbocycles. The minimum absolute atomic E-state index is 0.125. The van der Waals surface area contributed by atoms with Crippen LogP contribution in [-0.4, -0.2) is 44.4 Å². The Bertz CT molecular complexity index is 931. The molecular weight excluding hydrogens is 419 g/mol. The van der Waals surface area contributed by atoms with Crippen LogP contribution >= 0.6 is 12.2 Å². The molecule has 0 spiro atoms. The Morgan fingerprint density at radius 1 is 1.17 bits per heavy atom. The lowest BCUT2D eigenvalue weighted by Gasteiger charge is -2.31. The summed E-state index contributed by atoms with van der Waals surface area (Å²) in [4.78, 5) is 14.4. The monoisotopic (exact) mass is 439 g/mol. The van der Waals surface area contributed by atoms with Crippen molar-refractivity contribution in [3.05, 3.63) is 53.6 Å². The Labute approximate surface area is 177 Å². The predicted octanol–water partition coefficient (Wildman–Crippen LogP) is 3.68. The number of nitrogens with zero attached hydrogens (tertiary/aromatic N) is 1. The van der Waals surface area contributed by atoms with Gasteiger partial charge in [-0.2, -0.15) is 13.2 Å². The zero-order valence-electron chi connectivity index (χ0n) is 16.1. The van der Waals surface area contributed by atoms with Crippen LogP contribution in [0.4, 0.5) is 24.5 Å². The maximum atomic E-state index is 13.2. The molecule has 0 saturated carbocycles. The fraction of sp³-hybridized carbons (Fsp3) is 0.300. The van der Waals surface area contributed by atoms with Crippen LogP contribution in [0.1, 0.15) is 15.9 Å². The molecule has 0 aromatic heterocycles. The van der Waals surface area contributed by atoms with Gasteiger partial charge in [-0.05, 0) is 42.5 Å². The van der Waals surface area contributed by atoms with Crippen molar-refractivity contribution < 1.29 is 27.4 Å². The second-order valence-corrected chi connectivity index (χ2v) is 6.85. The van der Waals surface area contributed by atoms with Crippen LogP contribution in [-0.2, 0) is 10.9 Å². The van der Waals surface area contributed by atoms with E-state index in [1.165, 1.54) is 13.2 Å². The van der Waals surface area contributed by atoms with Gasteiger partial charge in [0, 0.05) is 13.1 Å². The summed E-state index contributed by atoms with van der Waals surface area (Å²) in [7, 11) is 1.43. The van der Waals surface area contributed by atoms with E-state index in [0.717, 1.165) is 12.1 Å². The molecule has 0 aliphatic carbocycles. The Kier molecular flexibility index (Phi) is 6.78. The normalized spacial score (nSPS) is 14.2. The number of nitrogens with one attached hydrogen (secondary N) is 2. The van der Waals surface area contributed by atoms with Gasteiger partial charge >= 0.3 is 6.18 Å². The highest BCUT2D eigenvalue weighted by molar-refractivity contribution is 7.80. The van der Waals surface area contributed by atoms with Crippen molar-refractivity contribution in [2.45, 2.75) is 6.18 Å². The number of benzene rings is 2. The first-order chi connectivity index (χ1) is 14.3. The molecule has 2 aromatic rings. The van der Waals surface area contributed by atoms with E-state index in [2.05, 4.69) is 10.6 Å². The molecule has 1 aliphatic heterocycles. The maximum absolute atomic E-state index is 13.2. The first-order valence-corrected chi connectivity index (χ1v) is 9.49. The van der Waals surface area contributed by atoms with E-state index in [9.17, 15) is 18.0 Å². The summed E-state index contributed by atoms with van der Waals surface area (Å²) in [6, 6.07) is 9.94. The molecule has 3 rings (SSSR count). The number of hydrogen-bond donors (Lipinski definition) is 2. The molecule has 0 atom stereocenters. The van der Waals surface area contributed by atoms with E-state index >= 15 is 0 Å². The topological polar surface area (TPSA) is 62.8 Å². The first kappa shape index (κ1) is 21.8. The van der Waals surface area contributed by atoms with E-state index in [0.29, 0.717) is 37.7 Å². The average molecular weight is 439 g/mol. The Morgan fingerprint density at radius 2 is 1.87 bits per heavy atom. The molecule has 1 fully saturated rings. The summed E-state index contributed by atoms with van der Waals surface area (Å²) in [6.45, 7) is 1.99. The van der Waals surface area contributed by atoms with Crippen LogP contribution in [0.5, 0.6) is 5.75 Å². The number of halogens is 3. The number of alkyl halides is 3. The highest BCUT2D eigenvalue weighted by Gasteiger charge is 2.32. The SMILES string of the molecule is COc1ccccc1C(=O)NC(=S)Nc1cc(C(F)(F)F)ccc1N1CCOCC1. The molecule has 0 radical (unpaired) electrons. The molecule has 1 aliphatic rings. The van der Waals surface area contributed by atoms with Gasteiger partial charge in [0.1, 0.15) is 5.75 Å². The van der Waals surface area contributed by atoms with Gasteiger partial charge in [-0.1, -0.05) is 12.1 Å². The molecule has 0 unspecified atom stereocenters. The molecule has 1 amide bonds. The van der Waals surface area contributed by atoms with Gasteiger partial charge in [0.2, 0.25) is 0 Å². The number of morpholine rings is 1. The van der Waals surface area contributed by atoms with Crippen molar-refractivity contribution in [1.82, 2.24) is 5.32 Å². The molecule has 0 bridgehead atoms. The van der Waals surface area contributed by atoms with Crippen LogP contribution in [0.2, 0.25) is 0 Å². The van der Waals surface area contributed by atoms with E-state index in [1.54, 1.807) is 24.3 Å². The first-order valence-electron chi connectivity index (χ1n) is 9.09. The van der Waals surface area contributed by atoms with Crippen LogP contribution in [0, 0.1) is 0 Å². The largest absolute Gasteiger partial charge is 0.496 e. The summed E-state index contributed by atoms with van der Waals surface area (Å²) in [5, 5.41) is 5.09. The molecule has 10 heteroatoms. The van der Waals surface area contributed by atoms with Crippen molar-refractivity contribution in [1.29, 1.82) is 0 Å². The third-order valence-corrected chi connectivity index (χ3v) is 4.71. The van der Waals surface area contributed by atoms with Crippen molar-refractivity contribution in [2.75, 3.05) is 43.6 Å². The van der Waals surface area contributed by atoms with Crippen molar-refractivity contribution >= 4 is 34.6 Å². The molecule has 6 nitrogen and oxygen atoms in total. The van der Waals surface area contributed by atoms with Gasteiger partial charge < -0.3 is 19.7 Å². The number of thiocarbonyl (C=S) groups is 1. The summed E-state index contributed by atoms with van der Waals surface area (Å²) < 4.78 is 50.1. The number of carbonyl (C=O) groups is 1. The van der Waals surface area contributed by atoms with E-state index < -0.39 is 17.6 Å². The predicted molar refractivity (Wildman–Crippen MR) is 111 cm³/mol. The van der Waals surface area contributed by atoms with Crippen molar-refractivity contribution in [2.24, 2.45) is 0 Å². The number of ether oxygens (including phenoxy) is 2. The van der Waals surface area contributed by atoms with E-state index in [-0.39, 0.29) is 16.4 Å². The molecule has 2 N–H and O–H groups in total. The maximum Gasteiger partial charge on any atom is 0.416 e. The van der Waals surface area contributed by atoms with Crippen LogP contribution < -0.4 is 20.3 Å². The number of methoxy groups -OCH3 is 1. The lowest BCUT2D eigenvalue weighted by atomic mass is 10.1. The Hall–Kier alpha value is -2.85. The zero-order valence-corrected chi connectivity index (χ0v) is 16.9. The van der Waals surface area contributed by atoms with E-state index in [1.807, 2.05) is 4.90 Å². The fourth-order valence-corrected chi connectivity index (χ4v) is 3.25. The van der Waals surface area contributed by atoms with Gasteiger partial charge in [0.25, 0.3) is 5.91 Å². The van der Waals surface area contributed by atoms with Gasteiger partial charge in [-0.15, -0.1) is 0 Å². The van der Waals surface area contributed by atoms with Crippen molar-refractivity contribution in [3.8, 4) is 5.75 Å². The number of anilines is 2. The number of carbonyl (C=O) groups excluding carboxylic acids is 1. The minimum Gasteiger partial charge on any atom is -0.496 e. The smallest absolute Gasteiger partial charge is 0.416 e. The number of para-hydroxylation sites is 1. The number of hydrogen-bond acceptors (Lipinski definition) is 5. The quantitative estimate of drug-likeness (QED) is 0.709. The number of amides is 1. The van der Waals surface area contributed by atoms with Crippen LogP contribution in [0.15, 0.2) is 42.5 Å². The van der Waals surface area contributed by atoms with Gasteiger partial charge in [0.05, 0.1) is 42.8 Å². The highest BCUT2D eigenvalue weighted by atomic mass is 32.1. The summed E-state index contributed by atoms with van der Waals surface area (Å²) in [5.41, 5.74) is 0.125. The zero-order chi connectivity index (χ0) is 21.7. The molecule has 1 saturated heterocycles. The Morgan fingerprint density at radius 3 is 2.53 bits per heavy atom. The summed E-state index contributed by atoms with van der Waals surface area (Å²) in [6.07, 6.45) is -4.51. The second kappa shape index (κ2) is 9.31. The lowest BCUT2D eigenvalue weighted by Crippen LogP contribution is -2.38. The highest BCUT2D eigenvalue weighted by Crippen LogP contribution is 2.35. The van der Waals surface area contributed by atoms with Gasteiger partial charge in [-0.3, -0.25) is 10.1 Å². The Balaban J connectivity index is 1.82. The lowest BCUT2D eigenvalue weighted by molar-refractivity contribution is -0.137. The van der Waals surface area contributed by atoms with Crippen molar-refractivity contribution in [3.63, 3.8) is 0 Å². The molecule has 1 heterocycles. The van der Waals surface area contributed by atoms with Crippen LogP contribution in [0.25, 0.3) is 0 Å². The number of rotatable bonds is 4.